The maximum Gasteiger partial charge on any atom is 0.416 e. The number of halogens is 5. The van der Waals surface area contributed by atoms with Crippen LogP contribution >= 0.6 is 0 Å². The lowest BCUT2D eigenvalue weighted by Crippen LogP contribution is -2.40. The number of fused-ring (bicyclic) bond motifs is 1. The van der Waals surface area contributed by atoms with Crippen LogP contribution in [0.3, 0.4) is 0 Å². The van der Waals surface area contributed by atoms with Crippen LogP contribution in [0.1, 0.15) is 24.3 Å². The number of rotatable bonds is 6. The van der Waals surface area contributed by atoms with E-state index in [0.717, 1.165) is 18.5 Å². The van der Waals surface area contributed by atoms with E-state index in [0.29, 0.717) is 6.07 Å². The molecule has 0 saturated carbocycles. The number of hydrogen-bond donors (Lipinski definition) is 4. The molecule has 172 valence electrons. The number of aliphatic hydroxyl groups is 1. The van der Waals surface area contributed by atoms with Gasteiger partial charge < -0.3 is 25.5 Å². The summed E-state index contributed by atoms with van der Waals surface area (Å²) < 4.78 is 73.5. The molecule has 2 amide bonds. The summed E-state index contributed by atoms with van der Waals surface area (Å²) in [6, 6.07) is -2.90. The third kappa shape index (κ3) is 5.04. The molecule has 3 aromatic rings. The summed E-state index contributed by atoms with van der Waals surface area (Å²) in [7, 11) is 0. The number of nitrogens with one attached hydrogen (secondary N) is 3. The largest absolute Gasteiger partial charge is 0.455 e. The first-order chi connectivity index (χ1) is 15.0. The lowest BCUT2D eigenvalue weighted by atomic mass is 10.1. The van der Waals surface area contributed by atoms with Crippen molar-refractivity contribution in [2.75, 3.05) is 17.2 Å². The van der Waals surface area contributed by atoms with Crippen molar-refractivity contribution in [1.29, 1.82) is 0 Å². The molecule has 32 heavy (non-hydrogen) atoms. The molecule has 4 N–H and O–H groups in total. The Morgan fingerprint density at radius 1 is 1.22 bits per heavy atom. The molecule has 0 radical (unpaired) electrons. The van der Waals surface area contributed by atoms with Crippen molar-refractivity contribution in [3.63, 3.8) is 0 Å². The smallest absolute Gasteiger partial charge is 0.416 e. The van der Waals surface area contributed by atoms with Crippen molar-refractivity contribution < 1.29 is 36.3 Å². The van der Waals surface area contributed by atoms with E-state index in [1.165, 1.54) is 6.92 Å². The predicted molar refractivity (Wildman–Crippen MR) is 104 cm³/mol. The fraction of sp³-hybridized carbons (Fsp3) is 0.316. The van der Waals surface area contributed by atoms with Gasteiger partial charge in [-0.3, -0.25) is 0 Å². The van der Waals surface area contributed by atoms with Gasteiger partial charge in [0.1, 0.15) is 11.6 Å². The second-order valence-electron chi connectivity index (χ2n) is 6.95. The highest BCUT2D eigenvalue weighted by Gasteiger charge is 2.45. The predicted octanol–water partition coefficient (Wildman–Crippen LogP) is 4.03. The van der Waals surface area contributed by atoms with Crippen LogP contribution in [0, 0.1) is 18.6 Å². The zero-order chi connectivity index (χ0) is 23.6. The SMILES string of the molecule is Cc1c([C@H](NC(=O)Nc2cnc(N[C@@H](C)CO)nc2)C(F)(F)F)oc2c(F)cc(F)cc12. The number of amides is 2. The van der Waals surface area contributed by atoms with Gasteiger partial charge in [-0.1, -0.05) is 0 Å². The van der Waals surface area contributed by atoms with E-state index >= 15 is 0 Å². The summed E-state index contributed by atoms with van der Waals surface area (Å²) in [6.07, 6.45) is -2.71. The van der Waals surface area contributed by atoms with E-state index in [4.69, 9.17) is 9.52 Å². The molecule has 2 heterocycles. The molecule has 0 spiro atoms. The Morgan fingerprint density at radius 2 is 1.88 bits per heavy atom. The molecule has 0 aliphatic heterocycles. The van der Waals surface area contributed by atoms with Crippen molar-refractivity contribution >= 4 is 28.6 Å². The monoisotopic (exact) mass is 459 g/mol. The van der Waals surface area contributed by atoms with Crippen molar-refractivity contribution in [2.24, 2.45) is 0 Å². The molecule has 0 aliphatic carbocycles. The summed E-state index contributed by atoms with van der Waals surface area (Å²) in [4.78, 5) is 19.9. The number of anilines is 2. The van der Waals surface area contributed by atoms with Gasteiger partial charge in [-0.25, -0.2) is 23.5 Å². The first-order valence-corrected chi connectivity index (χ1v) is 9.21. The third-order valence-corrected chi connectivity index (χ3v) is 4.42. The van der Waals surface area contributed by atoms with Crippen molar-refractivity contribution in [1.82, 2.24) is 15.3 Å². The quantitative estimate of drug-likeness (QED) is 0.414. The lowest BCUT2D eigenvalue weighted by Gasteiger charge is -2.20. The van der Waals surface area contributed by atoms with Crippen LogP contribution < -0.4 is 16.0 Å². The number of hydrogen-bond acceptors (Lipinski definition) is 6. The molecule has 1 aromatic carbocycles. The van der Waals surface area contributed by atoms with Crippen LogP contribution in [0.4, 0.5) is 38.4 Å². The summed E-state index contributed by atoms with van der Waals surface area (Å²) in [5.41, 5.74) is -0.734. The molecule has 0 fully saturated rings. The highest BCUT2D eigenvalue weighted by Crippen LogP contribution is 2.39. The number of aliphatic hydroxyl groups excluding tert-OH is 1. The van der Waals surface area contributed by atoms with E-state index in [2.05, 4.69) is 20.6 Å². The number of urea groups is 1. The van der Waals surface area contributed by atoms with Crippen LogP contribution in [0.5, 0.6) is 0 Å². The van der Waals surface area contributed by atoms with Gasteiger partial charge in [0.15, 0.2) is 17.4 Å². The van der Waals surface area contributed by atoms with Gasteiger partial charge in [-0.2, -0.15) is 13.2 Å². The highest BCUT2D eigenvalue weighted by atomic mass is 19.4. The average molecular weight is 459 g/mol. The molecule has 13 heteroatoms. The van der Waals surface area contributed by atoms with Crippen molar-refractivity contribution in [3.05, 3.63) is 47.5 Å². The lowest BCUT2D eigenvalue weighted by molar-refractivity contribution is -0.158. The van der Waals surface area contributed by atoms with Gasteiger partial charge in [-0.15, -0.1) is 0 Å². The van der Waals surface area contributed by atoms with Crippen molar-refractivity contribution in [2.45, 2.75) is 32.1 Å². The molecular formula is C19H18F5N5O3. The Bertz CT molecular complexity index is 1120. The number of carbonyl (C=O) groups is 1. The Morgan fingerprint density at radius 3 is 2.47 bits per heavy atom. The molecule has 0 aliphatic rings. The fourth-order valence-electron chi connectivity index (χ4n) is 2.86. The molecule has 0 bridgehead atoms. The van der Waals surface area contributed by atoms with Gasteiger partial charge in [0.25, 0.3) is 0 Å². The fourth-order valence-corrected chi connectivity index (χ4v) is 2.86. The second kappa shape index (κ2) is 8.94. The zero-order valence-electron chi connectivity index (χ0n) is 16.7. The number of benzene rings is 1. The minimum Gasteiger partial charge on any atom is -0.455 e. The van der Waals surface area contributed by atoms with Crippen LogP contribution in [-0.2, 0) is 0 Å². The number of nitrogens with zero attached hydrogens (tertiary/aromatic N) is 2. The molecular weight excluding hydrogens is 441 g/mol. The highest BCUT2D eigenvalue weighted by molar-refractivity contribution is 5.89. The number of furan rings is 1. The maximum absolute atomic E-state index is 13.9. The number of carbonyl (C=O) groups excluding carboxylic acids is 1. The van der Waals surface area contributed by atoms with Gasteiger partial charge in [-0.05, 0) is 19.9 Å². The Hall–Kier alpha value is -3.48. The Kier molecular flexibility index (Phi) is 6.48. The second-order valence-corrected chi connectivity index (χ2v) is 6.95. The molecule has 0 unspecified atom stereocenters. The number of aromatic nitrogens is 2. The zero-order valence-corrected chi connectivity index (χ0v) is 16.7. The molecule has 2 atom stereocenters. The Labute approximate surface area is 177 Å². The number of alkyl halides is 3. The molecule has 2 aromatic heterocycles. The molecule has 3 rings (SSSR count). The van der Waals surface area contributed by atoms with Crippen molar-refractivity contribution in [3.8, 4) is 0 Å². The van der Waals surface area contributed by atoms with E-state index in [1.807, 2.05) is 0 Å². The summed E-state index contributed by atoms with van der Waals surface area (Å²) in [5, 5.41) is 15.4. The van der Waals surface area contributed by atoms with Gasteiger partial charge in [0.2, 0.25) is 5.95 Å². The summed E-state index contributed by atoms with van der Waals surface area (Å²) >= 11 is 0. The topological polar surface area (TPSA) is 112 Å². The minimum absolute atomic E-state index is 0.0138. The van der Waals surface area contributed by atoms with E-state index < -0.39 is 41.2 Å². The Balaban J connectivity index is 1.81. The van der Waals surface area contributed by atoms with E-state index in [1.54, 1.807) is 12.2 Å². The van der Waals surface area contributed by atoms with Gasteiger partial charge >= 0.3 is 12.2 Å². The third-order valence-electron chi connectivity index (χ3n) is 4.42. The maximum atomic E-state index is 13.9. The molecule has 0 saturated heterocycles. The minimum atomic E-state index is -5.00. The normalized spacial score (nSPS) is 13.6. The first-order valence-electron chi connectivity index (χ1n) is 9.21. The van der Waals surface area contributed by atoms with Crippen LogP contribution in [0.2, 0.25) is 0 Å². The van der Waals surface area contributed by atoms with Crippen LogP contribution in [-0.4, -0.2) is 39.9 Å². The average Bonchev–Trinajstić information content (AvgIpc) is 3.03. The standard InChI is InChI=1S/C19H18F5N5O3/c1-8(7-30)27-17-25-5-11(6-26-17)28-18(31)29-16(19(22,23)24)14-9(2)12-3-10(20)4-13(21)15(12)32-14/h3-6,8,16,30H,7H2,1-2H3,(H,25,26,27)(H2,28,29,31)/t8-,16-/m0/s1. The van der Waals surface area contributed by atoms with E-state index in [9.17, 15) is 26.7 Å². The summed E-state index contributed by atoms with van der Waals surface area (Å²) in [5.74, 6) is -2.79. The first kappa shape index (κ1) is 23.2. The van der Waals surface area contributed by atoms with Crippen LogP contribution in [0.25, 0.3) is 11.0 Å². The van der Waals surface area contributed by atoms with E-state index in [-0.39, 0.29) is 35.2 Å². The number of aryl methyl sites for hydroxylation is 1. The van der Waals surface area contributed by atoms with Gasteiger partial charge in [0.05, 0.1) is 24.7 Å². The van der Waals surface area contributed by atoms with Gasteiger partial charge in [0, 0.05) is 23.1 Å². The molecule has 8 nitrogen and oxygen atoms in total. The van der Waals surface area contributed by atoms with Crippen LogP contribution in [0.15, 0.2) is 28.9 Å². The summed E-state index contributed by atoms with van der Waals surface area (Å²) in [6.45, 7) is 2.69.